The van der Waals surface area contributed by atoms with E-state index in [1.54, 1.807) is 0 Å². The van der Waals surface area contributed by atoms with E-state index in [-0.39, 0.29) is 11.8 Å². The molecule has 1 aromatic rings. The monoisotopic (exact) mass is 490 g/mol. The molecule has 1 aliphatic carbocycles. The van der Waals surface area contributed by atoms with E-state index in [1.165, 1.54) is 24.2 Å². The largest absolute Gasteiger partial charge is 0.354 e. The predicted octanol–water partition coefficient (Wildman–Crippen LogP) is 4.22. The van der Waals surface area contributed by atoms with Crippen LogP contribution < -0.4 is 11.1 Å². The molecule has 2 aliphatic rings. The summed E-state index contributed by atoms with van der Waals surface area (Å²) in [7, 11) is 0. The van der Waals surface area contributed by atoms with Crippen molar-refractivity contribution in [1.29, 1.82) is 0 Å². The van der Waals surface area contributed by atoms with E-state index < -0.39 is 6.04 Å². The lowest BCUT2D eigenvalue weighted by molar-refractivity contribution is -0.128. The molecule has 4 atom stereocenters. The van der Waals surface area contributed by atoms with E-state index in [2.05, 4.69) is 37.9 Å². The third kappa shape index (κ3) is 7.53. The zero-order valence-electron chi connectivity index (χ0n) is 21.7. The Morgan fingerprint density at radius 2 is 1.82 bits per heavy atom. The summed E-state index contributed by atoms with van der Waals surface area (Å²) < 4.78 is 0. The van der Waals surface area contributed by atoms with Gasteiger partial charge in [0.1, 0.15) is 6.04 Å². The number of carbonyl (C=O) groups is 2. The third-order valence-electron chi connectivity index (χ3n) is 7.38. The molecule has 6 nitrogen and oxygen atoms in total. The van der Waals surface area contributed by atoms with Crippen LogP contribution in [0.2, 0.25) is 0 Å². The summed E-state index contributed by atoms with van der Waals surface area (Å²) in [5, 5.41) is 5.18. The number of rotatable bonds is 10. The molecule has 1 aliphatic heterocycles. The second-order valence-electron chi connectivity index (χ2n) is 11.3. The Kier molecular flexibility index (Phi) is 10.4. The molecule has 2 fully saturated rings. The van der Waals surface area contributed by atoms with Gasteiger partial charge < -0.3 is 16.0 Å². The van der Waals surface area contributed by atoms with Crippen molar-refractivity contribution in [3.63, 3.8) is 0 Å². The lowest BCUT2D eigenvalue weighted by atomic mass is 9.81. The molecule has 192 valence electrons. The van der Waals surface area contributed by atoms with Gasteiger partial charge in [-0.05, 0) is 73.8 Å². The van der Waals surface area contributed by atoms with Gasteiger partial charge in [-0.15, -0.1) is 11.3 Å². The van der Waals surface area contributed by atoms with Crippen LogP contribution in [-0.2, 0) is 4.79 Å². The predicted molar refractivity (Wildman–Crippen MR) is 141 cm³/mol. The molecular formula is C27H46N4O2S. The van der Waals surface area contributed by atoms with Gasteiger partial charge in [-0.25, -0.2) is 0 Å². The van der Waals surface area contributed by atoms with E-state index in [1.807, 2.05) is 22.4 Å². The molecule has 0 bridgehead atoms. The van der Waals surface area contributed by atoms with Crippen molar-refractivity contribution in [1.82, 2.24) is 15.1 Å². The summed E-state index contributed by atoms with van der Waals surface area (Å²) in [5.41, 5.74) is 5.91. The summed E-state index contributed by atoms with van der Waals surface area (Å²) >= 11 is 1.46. The highest BCUT2D eigenvalue weighted by Crippen LogP contribution is 2.29. The molecule has 0 spiro atoms. The van der Waals surface area contributed by atoms with Crippen LogP contribution in [0.25, 0.3) is 0 Å². The lowest BCUT2D eigenvalue weighted by Gasteiger charge is -2.44. The maximum Gasteiger partial charge on any atom is 0.264 e. The summed E-state index contributed by atoms with van der Waals surface area (Å²) in [6.07, 6.45) is 6.27. The lowest BCUT2D eigenvalue weighted by Crippen LogP contribution is -2.58. The highest BCUT2D eigenvalue weighted by molar-refractivity contribution is 7.12. The Balaban J connectivity index is 1.72. The summed E-state index contributed by atoms with van der Waals surface area (Å²) in [6.45, 7) is 13.1. The molecule has 3 unspecified atom stereocenters. The molecule has 2 heterocycles. The van der Waals surface area contributed by atoms with Gasteiger partial charge >= 0.3 is 0 Å². The first kappa shape index (κ1) is 27.2. The Morgan fingerprint density at radius 3 is 2.44 bits per heavy atom. The average Bonchev–Trinajstić information content (AvgIpc) is 3.36. The first-order chi connectivity index (χ1) is 16.3. The number of carbonyl (C=O) groups excluding carboxylic acids is 2. The van der Waals surface area contributed by atoms with Crippen LogP contribution in [0.3, 0.4) is 0 Å². The van der Waals surface area contributed by atoms with E-state index in [9.17, 15) is 9.59 Å². The van der Waals surface area contributed by atoms with Crippen LogP contribution in [0.1, 0.15) is 75.9 Å². The van der Waals surface area contributed by atoms with Crippen LogP contribution in [0.5, 0.6) is 0 Å². The molecule has 0 radical (unpaired) electrons. The number of hydrogen-bond donors (Lipinski definition) is 2. The number of thiophene rings is 1. The maximum atomic E-state index is 13.5. The molecular weight excluding hydrogens is 444 g/mol. The molecule has 1 saturated heterocycles. The number of nitrogens with one attached hydrogen (secondary N) is 1. The van der Waals surface area contributed by atoms with Crippen molar-refractivity contribution in [2.45, 2.75) is 78.3 Å². The maximum absolute atomic E-state index is 13.5. The normalized spacial score (nSPS) is 25.8. The number of nitrogens with zero attached hydrogens (tertiary/aromatic N) is 2. The first-order valence-electron chi connectivity index (χ1n) is 13.3. The van der Waals surface area contributed by atoms with Gasteiger partial charge in [0.2, 0.25) is 5.91 Å². The summed E-state index contributed by atoms with van der Waals surface area (Å²) in [6, 6.07) is 3.68. The number of likely N-dealkylation sites (tertiary alicyclic amines) is 1. The van der Waals surface area contributed by atoms with Gasteiger partial charge in [0.05, 0.1) is 4.88 Å². The van der Waals surface area contributed by atoms with Crippen molar-refractivity contribution >= 4 is 23.2 Å². The van der Waals surface area contributed by atoms with Gasteiger partial charge in [-0.3, -0.25) is 14.5 Å². The van der Waals surface area contributed by atoms with Crippen molar-refractivity contribution in [2.75, 3.05) is 32.7 Å². The molecule has 1 saturated carbocycles. The highest BCUT2D eigenvalue weighted by atomic mass is 32.1. The Hall–Kier alpha value is -1.44. The molecule has 2 amide bonds. The highest BCUT2D eigenvalue weighted by Gasteiger charge is 2.39. The van der Waals surface area contributed by atoms with Crippen LogP contribution >= 0.6 is 11.3 Å². The second kappa shape index (κ2) is 13.0. The van der Waals surface area contributed by atoms with Crippen molar-refractivity contribution in [2.24, 2.45) is 29.4 Å². The minimum absolute atomic E-state index is 0.00580. The van der Waals surface area contributed by atoms with Crippen LogP contribution in [0.15, 0.2) is 17.5 Å². The Labute approximate surface area is 210 Å². The third-order valence-corrected chi connectivity index (χ3v) is 8.23. The van der Waals surface area contributed by atoms with Gasteiger partial charge in [0.25, 0.3) is 5.91 Å². The van der Waals surface area contributed by atoms with E-state index in [0.717, 1.165) is 43.8 Å². The fraction of sp³-hybridized carbons (Fsp3) is 0.778. The zero-order valence-corrected chi connectivity index (χ0v) is 22.5. The number of nitrogens with two attached hydrogens (primary N) is 1. The molecule has 1 aromatic heterocycles. The number of piperidine rings is 1. The van der Waals surface area contributed by atoms with E-state index in [4.69, 9.17) is 5.73 Å². The van der Waals surface area contributed by atoms with Crippen molar-refractivity contribution in [3.8, 4) is 0 Å². The minimum atomic E-state index is -0.413. The number of amides is 2. The van der Waals surface area contributed by atoms with Gasteiger partial charge in [0, 0.05) is 32.2 Å². The van der Waals surface area contributed by atoms with E-state index in [0.29, 0.717) is 49.2 Å². The fourth-order valence-electron chi connectivity index (χ4n) is 5.79. The SMILES string of the molecule is CC(C)CN(CC(C)C)C1CCN(C(=O)c2cccs2)[C@@H](C(=O)NCC2CCCC(CN)C2)C1. The second-order valence-corrected chi connectivity index (χ2v) is 12.2. The molecule has 3 N–H and O–H groups in total. The average molecular weight is 491 g/mol. The van der Waals surface area contributed by atoms with Gasteiger partial charge in [-0.1, -0.05) is 40.2 Å². The molecule has 34 heavy (non-hydrogen) atoms. The molecule has 0 aromatic carbocycles. The molecule has 3 rings (SSSR count). The van der Waals surface area contributed by atoms with Crippen LogP contribution in [0, 0.1) is 23.7 Å². The number of hydrogen-bond acceptors (Lipinski definition) is 5. The van der Waals surface area contributed by atoms with Crippen LogP contribution in [0.4, 0.5) is 0 Å². The van der Waals surface area contributed by atoms with E-state index >= 15 is 0 Å². The molecule has 7 heteroatoms. The Bertz CT molecular complexity index is 757. The smallest absolute Gasteiger partial charge is 0.264 e. The van der Waals surface area contributed by atoms with Crippen LogP contribution in [-0.4, -0.2) is 66.4 Å². The topological polar surface area (TPSA) is 78.7 Å². The van der Waals surface area contributed by atoms with Crippen molar-refractivity contribution < 1.29 is 9.59 Å². The summed E-state index contributed by atoms with van der Waals surface area (Å²) in [5.74, 6) is 2.21. The summed E-state index contributed by atoms with van der Waals surface area (Å²) in [4.78, 5) is 32.0. The van der Waals surface area contributed by atoms with Gasteiger partial charge in [0.15, 0.2) is 0 Å². The fourth-order valence-corrected chi connectivity index (χ4v) is 6.47. The quantitative estimate of drug-likeness (QED) is 0.515. The standard InChI is InChI=1S/C27H46N4O2S/c1-19(2)17-30(18-20(3)4)23-10-11-31(27(33)25-9-6-12-34-25)24(14-23)26(32)29-16-22-8-5-7-21(13-22)15-28/h6,9,12,19-24H,5,7-8,10-11,13-18,28H2,1-4H3,(H,29,32)/t21?,22?,23?,24-/m1/s1. The zero-order chi connectivity index (χ0) is 24.7. The minimum Gasteiger partial charge on any atom is -0.354 e. The van der Waals surface area contributed by atoms with Crippen molar-refractivity contribution in [3.05, 3.63) is 22.4 Å². The van der Waals surface area contributed by atoms with Gasteiger partial charge in [-0.2, -0.15) is 0 Å². The Morgan fingerprint density at radius 1 is 1.12 bits per heavy atom. The first-order valence-corrected chi connectivity index (χ1v) is 14.2.